The number of nitrogens with two attached hydrogens (primary N) is 1. The highest BCUT2D eigenvalue weighted by Gasteiger charge is 2.10. The van der Waals surface area contributed by atoms with Crippen molar-refractivity contribution >= 4 is 5.69 Å². The molecule has 0 unspecified atom stereocenters. The number of alkyl halides is 2. The normalized spacial score (nSPS) is 10.5. The molecule has 0 aromatic heterocycles. The van der Waals surface area contributed by atoms with E-state index in [-0.39, 0.29) is 17.0 Å². The predicted molar refractivity (Wildman–Crippen MR) is 37.5 cm³/mol. The van der Waals surface area contributed by atoms with E-state index in [1.54, 1.807) is 0 Å². The highest BCUT2D eigenvalue weighted by molar-refractivity contribution is 5.51. The van der Waals surface area contributed by atoms with Crippen LogP contribution in [-0.2, 0) is 0 Å². The molecular weight excluding hydrogens is 152 g/mol. The highest BCUT2D eigenvalue weighted by Crippen LogP contribution is 2.27. The second-order valence-electron chi connectivity index (χ2n) is 2.11. The quantitative estimate of drug-likeness (QED) is 0.615. The van der Waals surface area contributed by atoms with Crippen LogP contribution in [0, 0.1) is 0 Å². The van der Waals surface area contributed by atoms with Gasteiger partial charge in [0.2, 0.25) is 0 Å². The van der Waals surface area contributed by atoms with Crippen molar-refractivity contribution in [1.29, 1.82) is 0 Å². The van der Waals surface area contributed by atoms with E-state index in [9.17, 15) is 8.78 Å². The van der Waals surface area contributed by atoms with E-state index in [4.69, 9.17) is 10.8 Å². The number of phenols is 1. The fourth-order valence-corrected chi connectivity index (χ4v) is 0.761. The lowest BCUT2D eigenvalue weighted by Gasteiger charge is -2.03. The molecule has 0 amide bonds. The molecule has 0 atom stereocenters. The third-order valence-corrected chi connectivity index (χ3v) is 1.31. The number of benzene rings is 1. The molecule has 0 aliphatic carbocycles. The van der Waals surface area contributed by atoms with Crippen molar-refractivity contribution in [2.45, 2.75) is 6.43 Å². The van der Waals surface area contributed by atoms with E-state index in [0.29, 0.717) is 0 Å². The Morgan fingerprint density at radius 3 is 2.45 bits per heavy atom. The molecule has 4 heteroatoms. The van der Waals surface area contributed by atoms with Gasteiger partial charge >= 0.3 is 0 Å². The number of hydrogen-bond acceptors (Lipinski definition) is 2. The molecule has 0 heterocycles. The third-order valence-electron chi connectivity index (χ3n) is 1.31. The van der Waals surface area contributed by atoms with Crippen molar-refractivity contribution in [1.82, 2.24) is 0 Å². The summed E-state index contributed by atoms with van der Waals surface area (Å²) in [6, 6.07) is 3.38. The van der Waals surface area contributed by atoms with Crippen molar-refractivity contribution in [3.63, 3.8) is 0 Å². The second kappa shape index (κ2) is 2.74. The van der Waals surface area contributed by atoms with Gasteiger partial charge in [0.05, 0.1) is 0 Å². The van der Waals surface area contributed by atoms with E-state index in [2.05, 4.69) is 0 Å². The summed E-state index contributed by atoms with van der Waals surface area (Å²) in [6.07, 6.45) is -2.59. The molecule has 11 heavy (non-hydrogen) atoms. The number of phenolic OH excluding ortho intramolecular Hbond substituents is 1. The van der Waals surface area contributed by atoms with Crippen LogP contribution in [-0.4, -0.2) is 5.11 Å². The average molecular weight is 159 g/mol. The Hall–Kier alpha value is -1.32. The molecule has 60 valence electrons. The number of nitrogen functional groups attached to an aromatic ring is 1. The van der Waals surface area contributed by atoms with Gasteiger partial charge in [-0.2, -0.15) is 0 Å². The first-order valence-electron chi connectivity index (χ1n) is 2.98. The second-order valence-corrected chi connectivity index (χ2v) is 2.11. The Bertz CT molecular complexity index is 263. The minimum atomic E-state index is -2.59. The highest BCUT2D eigenvalue weighted by atomic mass is 19.3. The number of rotatable bonds is 1. The van der Waals surface area contributed by atoms with Gasteiger partial charge in [-0.15, -0.1) is 0 Å². The molecule has 2 nitrogen and oxygen atoms in total. The van der Waals surface area contributed by atoms with Crippen molar-refractivity contribution in [3.05, 3.63) is 23.8 Å². The van der Waals surface area contributed by atoms with Crippen LogP contribution in [0.25, 0.3) is 0 Å². The lowest BCUT2D eigenvalue weighted by atomic mass is 10.2. The van der Waals surface area contributed by atoms with E-state index in [1.165, 1.54) is 6.07 Å². The monoisotopic (exact) mass is 159 g/mol. The predicted octanol–water partition coefficient (Wildman–Crippen LogP) is 1.91. The topological polar surface area (TPSA) is 46.2 Å². The van der Waals surface area contributed by atoms with E-state index >= 15 is 0 Å². The van der Waals surface area contributed by atoms with Crippen LogP contribution in [0.4, 0.5) is 14.5 Å². The standard InChI is InChI=1S/C7H7F2NO/c8-7(9)5-2-1-4(11)3-6(5)10/h1-3,7,11H,10H2. The molecule has 1 rings (SSSR count). The first kappa shape index (κ1) is 7.78. The van der Waals surface area contributed by atoms with Gasteiger partial charge in [-0.25, -0.2) is 8.78 Å². The van der Waals surface area contributed by atoms with Crippen LogP contribution < -0.4 is 5.73 Å². The van der Waals surface area contributed by atoms with Crippen LogP contribution in [0.3, 0.4) is 0 Å². The lowest BCUT2D eigenvalue weighted by molar-refractivity contribution is 0.152. The summed E-state index contributed by atoms with van der Waals surface area (Å²) < 4.78 is 24.0. The Kier molecular flexibility index (Phi) is 1.94. The van der Waals surface area contributed by atoms with E-state index in [0.717, 1.165) is 12.1 Å². The smallest absolute Gasteiger partial charge is 0.265 e. The van der Waals surface area contributed by atoms with Crippen molar-refractivity contribution < 1.29 is 13.9 Å². The number of aromatic hydroxyl groups is 1. The summed E-state index contributed by atoms with van der Waals surface area (Å²) in [4.78, 5) is 0. The molecule has 0 radical (unpaired) electrons. The summed E-state index contributed by atoms with van der Waals surface area (Å²) in [6.45, 7) is 0. The Morgan fingerprint density at radius 2 is 2.00 bits per heavy atom. The van der Waals surface area contributed by atoms with Crippen molar-refractivity contribution in [2.24, 2.45) is 0 Å². The number of halogens is 2. The molecule has 3 N–H and O–H groups in total. The molecule has 0 aliphatic rings. The third kappa shape index (κ3) is 1.58. The fourth-order valence-electron chi connectivity index (χ4n) is 0.761. The molecule has 0 saturated heterocycles. The molecule has 0 bridgehead atoms. The van der Waals surface area contributed by atoms with E-state index in [1.807, 2.05) is 0 Å². The van der Waals surface area contributed by atoms with Gasteiger partial charge in [0, 0.05) is 17.3 Å². The number of anilines is 1. The first-order chi connectivity index (χ1) is 5.11. The Morgan fingerprint density at radius 1 is 1.36 bits per heavy atom. The summed E-state index contributed by atoms with van der Waals surface area (Å²) in [7, 11) is 0. The van der Waals surface area contributed by atoms with Crippen molar-refractivity contribution in [2.75, 3.05) is 5.73 Å². The van der Waals surface area contributed by atoms with Crippen LogP contribution in [0.2, 0.25) is 0 Å². The SMILES string of the molecule is Nc1cc(O)ccc1C(F)F. The lowest BCUT2D eigenvalue weighted by Crippen LogP contribution is -1.93. The fraction of sp³-hybridized carbons (Fsp3) is 0.143. The number of hydrogen-bond donors (Lipinski definition) is 2. The van der Waals surface area contributed by atoms with Crippen LogP contribution in [0.1, 0.15) is 12.0 Å². The summed E-state index contributed by atoms with van der Waals surface area (Å²) in [5, 5.41) is 8.79. The van der Waals surface area contributed by atoms with Gasteiger partial charge < -0.3 is 10.8 Å². The largest absolute Gasteiger partial charge is 0.508 e. The zero-order chi connectivity index (χ0) is 8.43. The van der Waals surface area contributed by atoms with Gasteiger partial charge in [-0.1, -0.05) is 0 Å². The molecule has 0 fully saturated rings. The minimum Gasteiger partial charge on any atom is -0.508 e. The van der Waals surface area contributed by atoms with Gasteiger partial charge in [0.25, 0.3) is 6.43 Å². The van der Waals surface area contributed by atoms with Gasteiger partial charge in [0.15, 0.2) is 0 Å². The first-order valence-corrected chi connectivity index (χ1v) is 2.98. The van der Waals surface area contributed by atoms with Gasteiger partial charge in [-0.3, -0.25) is 0 Å². The molecule has 1 aromatic rings. The maximum absolute atomic E-state index is 12.0. The average Bonchev–Trinajstić information content (AvgIpc) is 1.85. The summed E-state index contributed by atoms with van der Waals surface area (Å²) in [5.41, 5.74) is 4.85. The Balaban J connectivity index is 3.09. The van der Waals surface area contributed by atoms with Crippen LogP contribution >= 0.6 is 0 Å². The summed E-state index contributed by atoms with van der Waals surface area (Å²) in [5.74, 6) is -0.105. The minimum absolute atomic E-state index is 0.0833. The van der Waals surface area contributed by atoms with Crippen LogP contribution in [0.5, 0.6) is 5.75 Å². The molecular formula is C7H7F2NO. The summed E-state index contributed by atoms with van der Waals surface area (Å²) >= 11 is 0. The molecule has 0 spiro atoms. The van der Waals surface area contributed by atoms with Gasteiger partial charge in [-0.05, 0) is 12.1 Å². The molecule has 0 aliphatic heterocycles. The maximum Gasteiger partial charge on any atom is 0.265 e. The van der Waals surface area contributed by atoms with Gasteiger partial charge in [0.1, 0.15) is 5.75 Å². The van der Waals surface area contributed by atoms with E-state index < -0.39 is 6.43 Å². The Labute approximate surface area is 62.3 Å². The van der Waals surface area contributed by atoms with Crippen molar-refractivity contribution in [3.8, 4) is 5.75 Å². The molecule has 1 aromatic carbocycles. The zero-order valence-corrected chi connectivity index (χ0v) is 5.59. The van der Waals surface area contributed by atoms with Crippen LogP contribution in [0.15, 0.2) is 18.2 Å². The zero-order valence-electron chi connectivity index (χ0n) is 5.59. The maximum atomic E-state index is 12.0. The molecule has 0 saturated carbocycles.